The summed E-state index contributed by atoms with van der Waals surface area (Å²) in [6, 6.07) is 15.0. The van der Waals surface area contributed by atoms with Crippen molar-refractivity contribution in [3.05, 3.63) is 64.4 Å². The van der Waals surface area contributed by atoms with Crippen LogP contribution in [-0.2, 0) is 16.1 Å². The highest BCUT2D eigenvalue weighted by atomic mass is 16.6. The van der Waals surface area contributed by atoms with Gasteiger partial charge < -0.3 is 15.4 Å². The second kappa shape index (κ2) is 10.1. The molecular formula is C24H28N4O4. The highest BCUT2D eigenvalue weighted by Crippen LogP contribution is 2.24. The van der Waals surface area contributed by atoms with Crippen LogP contribution in [0.25, 0.3) is 22.0 Å². The molecule has 168 valence electrons. The molecular weight excluding hydrogens is 408 g/mol. The van der Waals surface area contributed by atoms with E-state index in [0.29, 0.717) is 37.0 Å². The van der Waals surface area contributed by atoms with Crippen molar-refractivity contribution < 1.29 is 14.3 Å². The third-order valence-corrected chi connectivity index (χ3v) is 4.63. The van der Waals surface area contributed by atoms with Crippen molar-refractivity contribution >= 4 is 22.8 Å². The largest absolute Gasteiger partial charge is 0.444 e. The minimum atomic E-state index is -0.549. The van der Waals surface area contributed by atoms with E-state index in [2.05, 4.69) is 20.8 Å². The Morgan fingerprint density at radius 3 is 2.53 bits per heavy atom. The van der Waals surface area contributed by atoms with Crippen molar-refractivity contribution in [1.82, 2.24) is 20.8 Å². The average Bonchev–Trinajstić information content (AvgIpc) is 2.75. The molecule has 32 heavy (non-hydrogen) atoms. The van der Waals surface area contributed by atoms with Gasteiger partial charge in [-0.3, -0.25) is 9.59 Å². The van der Waals surface area contributed by atoms with Gasteiger partial charge in [0.05, 0.1) is 11.1 Å². The number of aromatic amines is 1. The monoisotopic (exact) mass is 436 g/mol. The third-order valence-electron chi connectivity index (χ3n) is 4.63. The van der Waals surface area contributed by atoms with E-state index in [4.69, 9.17) is 4.74 Å². The Kier molecular flexibility index (Phi) is 7.25. The molecule has 0 aliphatic carbocycles. The number of hydrogen-bond acceptors (Lipinski definition) is 5. The molecule has 0 saturated carbocycles. The second-order valence-corrected chi connectivity index (χ2v) is 8.46. The smallest absolute Gasteiger partial charge is 0.407 e. The quantitative estimate of drug-likeness (QED) is 0.491. The summed E-state index contributed by atoms with van der Waals surface area (Å²) in [4.78, 5) is 35.8. The van der Waals surface area contributed by atoms with Crippen LogP contribution in [0.5, 0.6) is 0 Å². The summed E-state index contributed by atoms with van der Waals surface area (Å²) in [6.45, 7) is 6.12. The van der Waals surface area contributed by atoms with Crippen LogP contribution in [0.3, 0.4) is 0 Å². The normalized spacial score (nSPS) is 11.2. The Labute approximate surface area is 186 Å². The summed E-state index contributed by atoms with van der Waals surface area (Å²) in [5.74, 6) is -0.103. The van der Waals surface area contributed by atoms with Gasteiger partial charge in [-0.15, -0.1) is 0 Å². The molecule has 3 N–H and O–H groups in total. The summed E-state index contributed by atoms with van der Waals surface area (Å²) >= 11 is 0. The highest BCUT2D eigenvalue weighted by Gasteiger charge is 2.15. The first-order chi connectivity index (χ1) is 15.2. The maximum Gasteiger partial charge on any atom is 0.407 e. The van der Waals surface area contributed by atoms with Gasteiger partial charge in [-0.2, -0.15) is 5.10 Å². The van der Waals surface area contributed by atoms with Gasteiger partial charge in [0.2, 0.25) is 5.91 Å². The zero-order valence-corrected chi connectivity index (χ0v) is 18.5. The number of nitrogens with one attached hydrogen (secondary N) is 3. The van der Waals surface area contributed by atoms with Crippen molar-refractivity contribution in [2.75, 3.05) is 6.54 Å². The van der Waals surface area contributed by atoms with Crippen LogP contribution < -0.4 is 16.2 Å². The van der Waals surface area contributed by atoms with Crippen molar-refractivity contribution in [3.8, 4) is 11.3 Å². The second-order valence-electron chi connectivity index (χ2n) is 8.46. The van der Waals surface area contributed by atoms with E-state index in [0.717, 1.165) is 16.5 Å². The van der Waals surface area contributed by atoms with Gasteiger partial charge in [-0.05, 0) is 44.9 Å². The predicted molar refractivity (Wildman–Crippen MR) is 123 cm³/mol. The van der Waals surface area contributed by atoms with Gasteiger partial charge in [0.15, 0.2) is 0 Å². The molecule has 0 saturated heterocycles. The van der Waals surface area contributed by atoms with E-state index in [1.807, 2.05) is 42.5 Å². The standard InChI is InChI=1S/C24H28N4O4/c1-24(2,3)32-23(31)25-13-7-12-20(29)26-15-16-8-6-9-17(14-16)21-18-10-4-5-11-19(18)22(30)28-27-21/h4-6,8-11,14H,7,12-13,15H2,1-3H3,(H,25,31)(H,26,29)(H,28,30). The lowest BCUT2D eigenvalue weighted by molar-refractivity contribution is -0.121. The molecule has 8 nitrogen and oxygen atoms in total. The lowest BCUT2D eigenvalue weighted by Gasteiger charge is -2.19. The van der Waals surface area contributed by atoms with Gasteiger partial charge in [0.25, 0.3) is 5.56 Å². The molecule has 0 aliphatic rings. The number of alkyl carbamates (subject to hydrolysis) is 1. The van der Waals surface area contributed by atoms with Crippen molar-refractivity contribution in [2.24, 2.45) is 0 Å². The fourth-order valence-electron chi connectivity index (χ4n) is 3.21. The minimum absolute atomic E-state index is 0.103. The van der Waals surface area contributed by atoms with Crippen LogP contribution >= 0.6 is 0 Å². The third kappa shape index (κ3) is 6.41. The van der Waals surface area contributed by atoms with E-state index in [1.165, 1.54) is 0 Å². The molecule has 0 fully saturated rings. The number of benzene rings is 2. The summed E-state index contributed by atoms with van der Waals surface area (Å²) in [5, 5.41) is 13.7. The lowest BCUT2D eigenvalue weighted by atomic mass is 10.0. The number of amides is 2. The van der Waals surface area contributed by atoms with Crippen molar-refractivity contribution in [2.45, 2.75) is 45.8 Å². The Morgan fingerprint density at radius 2 is 1.78 bits per heavy atom. The number of fused-ring (bicyclic) bond motifs is 1. The molecule has 3 rings (SSSR count). The van der Waals surface area contributed by atoms with Gasteiger partial charge in [0, 0.05) is 30.5 Å². The Bertz CT molecular complexity index is 1160. The van der Waals surface area contributed by atoms with Crippen LogP contribution in [0.4, 0.5) is 4.79 Å². The first-order valence-corrected chi connectivity index (χ1v) is 10.5. The fourth-order valence-corrected chi connectivity index (χ4v) is 3.21. The highest BCUT2D eigenvalue weighted by molar-refractivity contribution is 5.93. The number of carbonyl (C=O) groups is 2. The molecule has 2 amide bonds. The van der Waals surface area contributed by atoms with Crippen LogP contribution in [0.2, 0.25) is 0 Å². The molecule has 1 heterocycles. The molecule has 3 aromatic rings. The number of H-pyrrole nitrogens is 1. The summed E-state index contributed by atoms with van der Waals surface area (Å²) in [7, 11) is 0. The topological polar surface area (TPSA) is 113 Å². The first kappa shape index (κ1) is 23.0. The number of carbonyl (C=O) groups excluding carboxylic acids is 2. The van der Waals surface area contributed by atoms with Gasteiger partial charge in [0.1, 0.15) is 5.60 Å². The van der Waals surface area contributed by atoms with E-state index in [9.17, 15) is 14.4 Å². The summed E-state index contributed by atoms with van der Waals surface area (Å²) in [5.41, 5.74) is 1.67. The van der Waals surface area contributed by atoms with Crippen molar-refractivity contribution in [3.63, 3.8) is 0 Å². The lowest BCUT2D eigenvalue weighted by Crippen LogP contribution is -2.33. The van der Waals surface area contributed by atoms with Gasteiger partial charge in [-0.1, -0.05) is 36.4 Å². The number of nitrogens with zero attached hydrogens (tertiary/aromatic N) is 1. The molecule has 0 unspecified atom stereocenters. The average molecular weight is 437 g/mol. The molecule has 0 aliphatic heterocycles. The van der Waals surface area contributed by atoms with Crippen molar-refractivity contribution in [1.29, 1.82) is 0 Å². The summed E-state index contributed by atoms with van der Waals surface area (Å²) < 4.78 is 5.16. The molecule has 0 atom stereocenters. The Hall–Kier alpha value is -3.68. The fraction of sp³-hybridized carbons (Fsp3) is 0.333. The number of rotatable bonds is 7. The molecule has 0 spiro atoms. The van der Waals surface area contributed by atoms with Gasteiger partial charge in [-0.25, -0.2) is 9.89 Å². The maximum absolute atomic E-state index is 12.1. The van der Waals surface area contributed by atoms with Crippen LogP contribution in [0.1, 0.15) is 39.2 Å². The molecule has 0 bridgehead atoms. The number of ether oxygens (including phenoxy) is 1. The zero-order valence-electron chi connectivity index (χ0n) is 18.5. The Balaban J connectivity index is 1.54. The molecule has 1 aromatic heterocycles. The molecule has 8 heteroatoms. The van der Waals surface area contributed by atoms with Crippen LogP contribution in [-0.4, -0.2) is 34.3 Å². The minimum Gasteiger partial charge on any atom is -0.444 e. The van der Waals surface area contributed by atoms with E-state index in [-0.39, 0.29) is 11.5 Å². The van der Waals surface area contributed by atoms with E-state index < -0.39 is 11.7 Å². The number of hydrogen-bond donors (Lipinski definition) is 3. The SMILES string of the molecule is CC(C)(C)OC(=O)NCCCC(=O)NCc1cccc(-c2n[nH]c(=O)c3ccccc23)c1. The molecule has 2 aromatic carbocycles. The van der Waals surface area contributed by atoms with Gasteiger partial charge >= 0.3 is 6.09 Å². The predicted octanol–water partition coefficient (Wildman–Crippen LogP) is 3.51. The molecule has 0 radical (unpaired) electrons. The van der Waals surface area contributed by atoms with Crippen LogP contribution in [0, 0.1) is 0 Å². The maximum atomic E-state index is 12.1. The zero-order chi connectivity index (χ0) is 23.1. The van der Waals surface area contributed by atoms with Crippen LogP contribution in [0.15, 0.2) is 53.3 Å². The van der Waals surface area contributed by atoms with E-state index >= 15 is 0 Å². The Morgan fingerprint density at radius 1 is 1.03 bits per heavy atom. The van der Waals surface area contributed by atoms with E-state index in [1.54, 1.807) is 26.8 Å². The summed E-state index contributed by atoms with van der Waals surface area (Å²) in [6.07, 6.45) is 0.318. The number of aromatic nitrogens is 2. The first-order valence-electron chi connectivity index (χ1n) is 10.5.